The van der Waals surface area contributed by atoms with E-state index in [1.165, 1.54) is 0 Å². The van der Waals surface area contributed by atoms with Crippen molar-refractivity contribution in [1.29, 1.82) is 0 Å². The van der Waals surface area contributed by atoms with E-state index in [2.05, 4.69) is 4.98 Å². The molecule has 0 aliphatic rings. The molecule has 1 heterocycles. The van der Waals surface area contributed by atoms with Gasteiger partial charge in [0.1, 0.15) is 4.99 Å². The van der Waals surface area contributed by atoms with E-state index in [0.717, 1.165) is 16.8 Å². The maximum absolute atomic E-state index is 10.3. The van der Waals surface area contributed by atoms with Crippen LogP contribution in [0.2, 0.25) is 0 Å². The van der Waals surface area contributed by atoms with Gasteiger partial charge in [-0.05, 0) is 24.7 Å². The number of aliphatic hydroxyl groups is 1. The van der Waals surface area contributed by atoms with E-state index >= 15 is 0 Å². The van der Waals surface area contributed by atoms with Crippen molar-refractivity contribution in [2.24, 2.45) is 5.73 Å². The summed E-state index contributed by atoms with van der Waals surface area (Å²) in [6, 6.07) is 13.2. The van der Waals surface area contributed by atoms with Gasteiger partial charge in [0.05, 0.1) is 11.8 Å². The fourth-order valence-corrected chi connectivity index (χ4v) is 2.24. The van der Waals surface area contributed by atoms with Crippen molar-refractivity contribution in [3.8, 4) is 0 Å². The molecule has 0 aliphatic heterocycles. The number of hydrogen-bond acceptors (Lipinski definition) is 4. The fraction of sp³-hybridized carbons (Fsp3) is 0.250. The summed E-state index contributed by atoms with van der Waals surface area (Å²) in [6.45, 7) is 1.23. The van der Waals surface area contributed by atoms with Gasteiger partial charge < -0.3 is 10.8 Å². The number of likely N-dealkylation sites (N-methyl/N-ethyl adjacent to an activating group) is 1. The molecular weight excluding hydrogens is 282 g/mol. The van der Waals surface area contributed by atoms with Crippen molar-refractivity contribution in [1.82, 2.24) is 9.88 Å². The number of rotatable bonds is 6. The molecule has 0 fully saturated rings. The third-order valence-electron chi connectivity index (χ3n) is 3.22. The van der Waals surface area contributed by atoms with Crippen LogP contribution in [0.15, 0.2) is 48.7 Å². The lowest BCUT2D eigenvalue weighted by atomic mass is 10.1. The normalized spacial score (nSPS) is 12.3. The minimum Gasteiger partial charge on any atom is -0.389 e. The summed E-state index contributed by atoms with van der Waals surface area (Å²) in [5, 5.41) is 10.3. The maximum atomic E-state index is 10.3. The van der Waals surface area contributed by atoms with Gasteiger partial charge in [0.25, 0.3) is 0 Å². The Morgan fingerprint density at radius 2 is 2.00 bits per heavy atom. The molecule has 0 spiro atoms. The lowest BCUT2D eigenvalue weighted by Crippen LogP contribution is -2.24. The molecule has 2 aromatic rings. The van der Waals surface area contributed by atoms with Crippen molar-refractivity contribution in [2.45, 2.75) is 12.6 Å². The number of thiocarbonyl (C=S) groups is 1. The zero-order valence-electron chi connectivity index (χ0n) is 11.9. The molecule has 0 saturated carbocycles. The number of aliphatic hydroxyl groups excluding tert-OH is 1. The molecule has 0 saturated heterocycles. The van der Waals surface area contributed by atoms with E-state index in [1.54, 1.807) is 6.20 Å². The molecule has 2 rings (SSSR count). The van der Waals surface area contributed by atoms with Crippen LogP contribution < -0.4 is 5.73 Å². The van der Waals surface area contributed by atoms with Crippen LogP contribution in [0, 0.1) is 0 Å². The summed E-state index contributed by atoms with van der Waals surface area (Å²) in [4.78, 5) is 6.68. The molecule has 1 atom stereocenters. The van der Waals surface area contributed by atoms with Crippen LogP contribution in [0.4, 0.5) is 0 Å². The van der Waals surface area contributed by atoms with Crippen molar-refractivity contribution in [3.05, 3.63) is 65.5 Å². The lowest BCUT2D eigenvalue weighted by molar-refractivity contribution is 0.123. The van der Waals surface area contributed by atoms with Crippen LogP contribution in [-0.2, 0) is 6.54 Å². The Morgan fingerprint density at radius 3 is 2.57 bits per heavy atom. The van der Waals surface area contributed by atoms with Gasteiger partial charge in [0.2, 0.25) is 0 Å². The van der Waals surface area contributed by atoms with Crippen molar-refractivity contribution in [2.75, 3.05) is 13.6 Å². The third-order valence-corrected chi connectivity index (χ3v) is 3.46. The largest absolute Gasteiger partial charge is 0.389 e. The molecule has 0 aliphatic carbocycles. The summed E-state index contributed by atoms with van der Waals surface area (Å²) >= 11 is 4.91. The Kier molecular flexibility index (Phi) is 5.38. The standard InChI is InChI=1S/C16H19N3OS/c1-19(10-14-4-2-3-9-18-14)11-15(20)12-5-7-13(8-6-12)16(17)21/h2-9,15,20H,10-11H2,1H3,(H2,17,21). The summed E-state index contributed by atoms with van der Waals surface area (Å²) in [7, 11) is 1.96. The Morgan fingerprint density at radius 1 is 1.29 bits per heavy atom. The zero-order valence-corrected chi connectivity index (χ0v) is 12.8. The highest BCUT2D eigenvalue weighted by molar-refractivity contribution is 7.80. The fourth-order valence-electron chi connectivity index (χ4n) is 2.10. The second kappa shape index (κ2) is 7.26. The quantitative estimate of drug-likeness (QED) is 0.798. The minimum absolute atomic E-state index is 0.364. The molecule has 21 heavy (non-hydrogen) atoms. The molecule has 1 unspecified atom stereocenters. The molecule has 110 valence electrons. The second-order valence-corrected chi connectivity index (χ2v) is 5.46. The number of hydrogen-bond donors (Lipinski definition) is 2. The molecule has 0 amide bonds. The zero-order chi connectivity index (χ0) is 15.2. The summed E-state index contributed by atoms with van der Waals surface area (Å²) in [6.07, 6.45) is 1.22. The average molecular weight is 301 g/mol. The topological polar surface area (TPSA) is 62.4 Å². The first-order valence-electron chi connectivity index (χ1n) is 6.72. The maximum Gasteiger partial charge on any atom is 0.103 e. The van der Waals surface area contributed by atoms with Crippen molar-refractivity contribution >= 4 is 17.2 Å². The average Bonchev–Trinajstić information content (AvgIpc) is 2.48. The van der Waals surface area contributed by atoms with Crippen molar-refractivity contribution < 1.29 is 5.11 Å². The predicted octanol–water partition coefficient (Wildman–Crippen LogP) is 1.88. The number of benzene rings is 1. The van der Waals surface area contributed by atoms with Crippen LogP contribution in [-0.4, -0.2) is 33.6 Å². The van der Waals surface area contributed by atoms with Crippen LogP contribution in [0.3, 0.4) is 0 Å². The van der Waals surface area contributed by atoms with Gasteiger partial charge >= 0.3 is 0 Å². The Hall–Kier alpha value is -1.82. The van der Waals surface area contributed by atoms with Gasteiger partial charge in [-0.1, -0.05) is 42.5 Å². The smallest absolute Gasteiger partial charge is 0.103 e. The first-order chi connectivity index (χ1) is 10.1. The van der Waals surface area contributed by atoms with E-state index in [9.17, 15) is 5.11 Å². The van der Waals surface area contributed by atoms with Gasteiger partial charge in [0, 0.05) is 24.8 Å². The minimum atomic E-state index is -0.556. The number of pyridine rings is 1. The second-order valence-electron chi connectivity index (χ2n) is 5.02. The Bertz CT molecular complexity index is 586. The van der Waals surface area contributed by atoms with Crippen LogP contribution >= 0.6 is 12.2 Å². The number of aromatic nitrogens is 1. The van der Waals surface area contributed by atoms with Gasteiger partial charge in [0.15, 0.2) is 0 Å². The highest BCUT2D eigenvalue weighted by Crippen LogP contribution is 2.15. The number of nitrogens with zero attached hydrogens (tertiary/aromatic N) is 2. The van der Waals surface area contributed by atoms with Crippen LogP contribution in [0.5, 0.6) is 0 Å². The van der Waals surface area contributed by atoms with E-state index in [-0.39, 0.29) is 0 Å². The van der Waals surface area contributed by atoms with Crippen molar-refractivity contribution in [3.63, 3.8) is 0 Å². The summed E-state index contributed by atoms with van der Waals surface area (Å²) in [5.41, 5.74) is 8.20. The highest BCUT2D eigenvalue weighted by Gasteiger charge is 2.11. The molecule has 0 radical (unpaired) electrons. The van der Waals surface area contributed by atoms with Gasteiger partial charge in [-0.15, -0.1) is 0 Å². The van der Waals surface area contributed by atoms with Gasteiger partial charge in [-0.3, -0.25) is 9.88 Å². The molecule has 1 aromatic carbocycles. The van der Waals surface area contributed by atoms with Crippen LogP contribution in [0.1, 0.15) is 22.9 Å². The van der Waals surface area contributed by atoms with E-state index in [1.807, 2.05) is 54.4 Å². The number of nitrogens with two attached hydrogens (primary N) is 1. The molecule has 0 bridgehead atoms. The Balaban J connectivity index is 1.94. The SMILES string of the molecule is CN(Cc1ccccn1)CC(O)c1ccc(C(N)=S)cc1. The summed E-state index contributed by atoms with van der Waals surface area (Å²) in [5.74, 6) is 0. The molecular formula is C16H19N3OS. The van der Waals surface area contributed by atoms with E-state index < -0.39 is 6.10 Å². The molecule has 1 aromatic heterocycles. The van der Waals surface area contributed by atoms with E-state index in [0.29, 0.717) is 18.1 Å². The first-order valence-corrected chi connectivity index (χ1v) is 7.13. The van der Waals surface area contributed by atoms with Gasteiger partial charge in [-0.25, -0.2) is 0 Å². The molecule has 5 heteroatoms. The molecule has 3 N–H and O–H groups in total. The monoisotopic (exact) mass is 301 g/mol. The Labute approximate surface area is 130 Å². The summed E-state index contributed by atoms with van der Waals surface area (Å²) < 4.78 is 0. The van der Waals surface area contributed by atoms with Gasteiger partial charge in [-0.2, -0.15) is 0 Å². The highest BCUT2D eigenvalue weighted by atomic mass is 32.1. The first kappa shape index (κ1) is 15.6. The lowest BCUT2D eigenvalue weighted by Gasteiger charge is -2.20. The third kappa shape index (κ3) is 4.60. The predicted molar refractivity (Wildman–Crippen MR) is 87.9 cm³/mol. The molecule has 4 nitrogen and oxygen atoms in total. The van der Waals surface area contributed by atoms with E-state index in [4.69, 9.17) is 18.0 Å². The van der Waals surface area contributed by atoms with Crippen LogP contribution in [0.25, 0.3) is 0 Å².